The van der Waals surface area contributed by atoms with E-state index in [1.54, 1.807) is 0 Å². The van der Waals surface area contributed by atoms with Crippen molar-refractivity contribution >= 4 is 39.3 Å². The molecule has 3 nitrogen and oxygen atoms in total. The Bertz CT molecular complexity index is 574. The van der Waals surface area contributed by atoms with Gasteiger partial charge in [0.2, 0.25) is 0 Å². The molecule has 0 radical (unpaired) electrons. The number of hydrogen-bond acceptors (Lipinski definition) is 2. The fourth-order valence-corrected chi connectivity index (χ4v) is 2.56. The molecule has 0 bridgehead atoms. The number of Topliss-reactive ketones (excluding diaryl/α,β-unsaturated/α-hetero) is 1. The number of nitrogens with zero attached hydrogens (tertiary/aromatic N) is 1. The number of aryl methyl sites for hydroxylation is 1. The number of fused-ring (bicyclic) bond motifs is 1. The van der Waals surface area contributed by atoms with Crippen LogP contribution in [-0.2, 0) is 6.54 Å². The number of aromatic nitrogens is 1. The van der Waals surface area contributed by atoms with Crippen molar-refractivity contribution in [3.8, 4) is 0 Å². The van der Waals surface area contributed by atoms with Gasteiger partial charge in [0.05, 0.1) is 6.54 Å². The van der Waals surface area contributed by atoms with E-state index >= 15 is 0 Å². The normalized spacial score (nSPS) is 11.1. The Morgan fingerprint density at radius 3 is 2.83 bits per heavy atom. The van der Waals surface area contributed by atoms with Crippen LogP contribution >= 0.6 is 22.6 Å². The lowest BCUT2D eigenvalue weighted by Gasteiger charge is -2.00. The minimum Gasteiger partial charge on any atom is -0.347 e. The van der Waals surface area contributed by atoms with Crippen molar-refractivity contribution in [3.05, 3.63) is 33.5 Å². The highest BCUT2D eigenvalue weighted by molar-refractivity contribution is 14.1. The maximum absolute atomic E-state index is 12.2. The zero-order valence-corrected chi connectivity index (χ0v) is 12.8. The summed E-state index contributed by atoms with van der Waals surface area (Å²) in [5.41, 5.74) is 1.97. The third kappa shape index (κ3) is 2.59. The molecule has 1 heterocycles. The van der Waals surface area contributed by atoms with Crippen LogP contribution in [0.5, 0.6) is 0 Å². The lowest BCUT2D eigenvalue weighted by molar-refractivity contribution is 0.0993. The minimum absolute atomic E-state index is 0.162. The molecule has 2 rings (SSSR count). The van der Waals surface area contributed by atoms with Crippen molar-refractivity contribution in [2.75, 3.05) is 13.1 Å². The van der Waals surface area contributed by atoms with Crippen molar-refractivity contribution in [2.24, 2.45) is 0 Å². The van der Waals surface area contributed by atoms with Crippen molar-refractivity contribution < 1.29 is 4.79 Å². The molecule has 0 aliphatic heterocycles. The van der Waals surface area contributed by atoms with E-state index in [-0.39, 0.29) is 5.78 Å². The second kappa shape index (κ2) is 5.84. The molecule has 96 valence electrons. The molecular formula is C14H17IN2O. The Morgan fingerprint density at radius 1 is 1.39 bits per heavy atom. The summed E-state index contributed by atoms with van der Waals surface area (Å²) in [4.78, 5) is 12.2. The summed E-state index contributed by atoms with van der Waals surface area (Å²) in [6.07, 6.45) is 1.97. The average Bonchev–Trinajstić information content (AvgIpc) is 2.73. The van der Waals surface area contributed by atoms with E-state index in [0.29, 0.717) is 6.54 Å². The lowest BCUT2D eigenvalue weighted by atomic mass is 10.1. The van der Waals surface area contributed by atoms with Gasteiger partial charge in [-0.2, -0.15) is 0 Å². The van der Waals surface area contributed by atoms with Gasteiger partial charge in [0.15, 0.2) is 5.78 Å². The Morgan fingerprint density at radius 2 is 2.17 bits per heavy atom. The van der Waals surface area contributed by atoms with Crippen molar-refractivity contribution in [2.45, 2.75) is 20.4 Å². The Labute approximate surface area is 121 Å². The molecule has 18 heavy (non-hydrogen) atoms. The first-order valence-electron chi connectivity index (χ1n) is 6.19. The van der Waals surface area contributed by atoms with Crippen molar-refractivity contribution in [3.63, 3.8) is 0 Å². The number of ketones is 1. The average molecular weight is 356 g/mol. The fraction of sp³-hybridized carbons (Fsp3) is 0.357. The number of rotatable bonds is 5. The monoisotopic (exact) mass is 356 g/mol. The number of hydrogen-bond donors (Lipinski definition) is 1. The van der Waals surface area contributed by atoms with Gasteiger partial charge in [-0.05, 0) is 48.2 Å². The quantitative estimate of drug-likeness (QED) is 0.660. The van der Waals surface area contributed by atoms with Crippen LogP contribution in [0, 0.1) is 3.57 Å². The van der Waals surface area contributed by atoms with Crippen LogP contribution in [0.4, 0.5) is 0 Å². The number of likely N-dealkylation sites (N-methyl/N-ethyl adjacent to an activating group) is 1. The summed E-state index contributed by atoms with van der Waals surface area (Å²) in [5, 5.41) is 4.15. The summed E-state index contributed by atoms with van der Waals surface area (Å²) in [7, 11) is 0. The maximum atomic E-state index is 12.2. The van der Waals surface area contributed by atoms with Crippen LogP contribution in [0.3, 0.4) is 0 Å². The molecule has 0 aliphatic carbocycles. The first-order valence-corrected chi connectivity index (χ1v) is 7.27. The fourth-order valence-electron chi connectivity index (χ4n) is 2.08. The first-order chi connectivity index (χ1) is 8.67. The van der Waals surface area contributed by atoms with Crippen molar-refractivity contribution in [1.29, 1.82) is 0 Å². The predicted octanol–water partition coefficient (Wildman–Crippen LogP) is 3.06. The van der Waals surface area contributed by atoms with Crippen LogP contribution in [-0.4, -0.2) is 23.4 Å². The second-order valence-electron chi connectivity index (χ2n) is 4.19. The Kier molecular flexibility index (Phi) is 4.40. The molecule has 1 aromatic heterocycles. The summed E-state index contributed by atoms with van der Waals surface area (Å²) < 4.78 is 3.33. The Balaban J connectivity index is 2.48. The smallest absolute Gasteiger partial charge is 0.178 e. The highest BCUT2D eigenvalue weighted by Gasteiger charge is 2.14. The minimum atomic E-state index is 0.162. The van der Waals surface area contributed by atoms with Crippen LogP contribution in [0.25, 0.3) is 10.9 Å². The number of carbonyl (C=O) groups excluding carboxylic acids is 1. The van der Waals surface area contributed by atoms with Crippen LogP contribution in [0.15, 0.2) is 24.4 Å². The van der Waals surface area contributed by atoms with Gasteiger partial charge >= 0.3 is 0 Å². The number of carbonyl (C=O) groups is 1. The van der Waals surface area contributed by atoms with Gasteiger partial charge in [0.1, 0.15) is 0 Å². The topological polar surface area (TPSA) is 34.0 Å². The molecule has 0 saturated heterocycles. The van der Waals surface area contributed by atoms with Gasteiger partial charge in [-0.15, -0.1) is 0 Å². The third-order valence-corrected chi connectivity index (χ3v) is 3.69. The standard InChI is InChI=1S/C14H17IN2O/c1-3-16-8-14(18)12-9-17(4-2)13-7-10(15)5-6-11(12)13/h5-7,9,16H,3-4,8H2,1-2H3. The SMILES string of the molecule is CCNCC(=O)c1cn(CC)c2cc(I)ccc12. The van der Waals surface area contributed by atoms with Gasteiger partial charge in [-0.3, -0.25) is 4.79 Å². The highest BCUT2D eigenvalue weighted by atomic mass is 127. The summed E-state index contributed by atoms with van der Waals surface area (Å²) in [5.74, 6) is 0.162. The molecule has 0 saturated carbocycles. The molecule has 0 amide bonds. The van der Waals surface area contributed by atoms with E-state index in [1.165, 1.54) is 3.57 Å². The van der Waals surface area contributed by atoms with E-state index in [4.69, 9.17) is 0 Å². The van der Waals surface area contributed by atoms with Crippen LogP contribution in [0.2, 0.25) is 0 Å². The molecule has 0 fully saturated rings. The number of benzene rings is 1. The molecule has 0 spiro atoms. The van der Waals surface area contributed by atoms with E-state index < -0.39 is 0 Å². The Hall–Kier alpha value is -0.880. The third-order valence-electron chi connectivity index (χ3n) is 3.02. The predicted molar refractivity (Wildman–Crippen MR) is 83.2 cm³/mol. The summed E-state index contributed by atoms with van der Waals surface area (Å²) in [6, 6.07) is 6.22. The molecule has 2 aromatic rings. The number of halogens is 1. The highest BCUT2D eigenvalue weighted by Crippen LogP contribution is 2.24. The second-order valence-corrected chi connectivity index (χ2v) is 5.44. The largest absolute Gasteiger partial charge is 0.347 e. The van der Waals surface area contributed by atoms with Crippen LogP contribution in [0.1, 0.15) is 24.2 Å². The van der Waals surface area contributed by atoms with E-state index in [2.05, 4.69) is 45.5 Å². The molecule has 1 aromatic carbocycles. The van der Waals surface area contributed by atoms with Gasteiger partial charge < -0.3 is 9.88 Å². The molecule has 4 heteroatoms. The van der Waals surface area contributed by atoms with E-state index in [1.807, 2.05) is 25.3 Å². The summed E-state index contributed by atoms with van der Waals surface area (Å²) in [6.45, 7) is 6.20. The van der Waals surface area contributed by atoms with Gasteiger partial charge in [0, 0.05) is 32.8 Å². The van der Waals surface area contributed by atoms with Gasteiger partial charge in [0.25, 0.3) is 0 Å². The molecule has 0 aliphatic rings. The molecular weight excluding hydrogens is 339 g/mol. The van der Waals surface area contributed by atoms with Crippen molar-refractivity contribution in [1.82, 2.24) is 9.88 Å². The maximum Gasteiger partial charge on any atom is 0.178 e. The summed E-state index contributed by atoms with van der Waals surface area (Å²) >= 11 is 2.30. The molecule has 1 N–H and O–H groups in total. The zero-order chi connectivity index (χ0) is 13.1. The zero-order valence-electron chi connectivity index (χ0n) is 10.7. The van der Waals surface area contributed by atoms with Gasteiger partial charge in [-0.1, -0.05) is 13.0 Å². The number of nitrogens with one attached hydrogen (secondary N) is 1. The first kappa shape index (κ1) is 13.5. The van der Waals surface area contributed by atoms with E-state index in [9.17, 15) is 4.79 Å². The molecule has 0 atom stereocenters. The van der Waals surface area contributed by atoms with E-state index in [0.717, 1.165) is 29.6 Å². The van der Waals surface area contributed by atoms with Gasteiger partial charge in [-0.25, -0.2) is 0 Å². The lowest BCUT2D eigenvalue weighted by Crippen LogP contribution is -2.22. The molecule has 0 unspecified atom stereocenters. The van der Waals surface area contributed by atoms with Crippen LogP contribution < -0.4 is 5.32 Å².